The molecule has 0 saturated carbocycles. The molecule has 0 bridgehead atoms. The fourth-order valence-electron chi connectivity index (χ4n) is 4.04. The second-order valence-corrected chi connectivity index (χ2v) is 14.8. The van der Waals surface area contributed by atoms with Gasteiger partial charge in [0.1, 0.15) is 23.9 Å². The monoisotopic (exact) mass is 570 g/mol. The van der Waals surface area contributed by atoms with E-state index in [1.54, 1.807) is 0 Å². The van der Waals surface area contributed by atoms with E-state index < -0.39 is 0 Å². The van der Waals surface area contributed by atoms with Crippen molar-refractivity contribution in [3.63, 3.8) is 0 Å². The van der Waals surface area contributed by atoms with Crippen molar-refractivity contribution in [2.24, 2.45) is 10.8 Å². The van der Waals surface area contributed by atoms with Crippen molar-refractivity contribution in [3.8, 4) is 17.2 Å². The summed E-state index contributed by atoms with van der Waals surface area (Å²) in [4.78, 5) is 0. The summed E-state index contributed by atoms with van der Waals surface area (Å²) in [6, 6.07) is 16.1. The van der Waals surface area contributed by atoms with Crippen LogP contribution in [0.25, 0.3) is 0 Å². The van der Waals surface area contributed by atoms with Gasteiger partial charge in [-0.3, -0.25) is 0 Å². The van der Waals surface area contributed by atoms with Crippen molar-refractivity contribution in [1.29, 1.82) is 0 Å². The van der Waals surface area contributed by atoms with Crippen molar-refractivity contribution in [2.75, 3.05) is 39.5 Å². The van der Waals surface area contributed by atoms with E-state index in [2.05, 4.69) is 85.9 Å². The van der Waals surface area contributed by atoms with Gasteiger partial charge < -0.3 is 29.6 Å². The zero-order valence-corrected chi connectivity index (χ0v) is 27.6. The lowest BCUT2D eigenvalue weighted by atomic mass is 9.83. The molecule has 2 N–H and O–H groups in total. The fraction of sp³-hybridized carbons (Fsp3) is 0.657. The Morgan fingerprint density at radius 2 is 1.29 bits per heavy atom. The van der Waals surface area contributed by atoms with Gasteiger partial charge in [-0.1, -0.05) is 58.9 Å². The third kappa shape index (κ3) is 16.1. The Hall–Kier alpha value is -2.28. The molecule has 0 aliphatic heterocycles. The Morgan fingerprint density at radius 1 is 0.634 bits per heavy atom. The van der Waals surface area contributed by atoms with Gasteiger partial charge in [0.25, 0.3) is 0 Å². The van der Waals surface area contributed by atoms with E-state index >= 15 is 0 Å². The molecule has 2 rings (SSSR count). The molecule has 0 fully saturated rings. The molecule has 0 aliphatic rings. The van der Waals surface area contributed by atoms with Crippen LogP contribution >= 0.6 is 0 Å². The number of nitrogens with one attached hydrogen (secondary N) is 2. The average molecular weight is 571 g/mol. The third-order valence-electron chi connectivity index (χ3n) is 6.63. The van der Waals surface area contributed by atoms with Crippen LogP contribution in [0.1, 0.15) is 87.6 Å². The highest BCUT2D eigenvalue weighted by Crippen LogP contribution is 2.29. The zero-order valence-electron chi connectivity index (χ0n) is 27.6. The summed E-state index contributed by atoms with van der Waals surface area (Å²) in [5, 5.41) is 7.11. The Morgan fingerprint density at radius 3 is 1.98 bits per heavy atom. The van der Waals surface area contributed by atoms with Gasteiger partial charge in [0.05, 0.1) is 26.4 Å². The fourth-order valence-corrected chi connectivity index (χ4v) is 4.04. The van der Waals surface area contributed by atoms with E-state index in [1.807, 2.05) is 42.5 Å². The van der Waals surface area contributed by atoms with E-state index in [0.29, 0.717) is 33.0 Å². The summed E-state index contributed by atoms with van der Waals surface area (Å²) < 4.78 is 24.1. The summed E-state index contributed by atoms with van der Waals surface area (Å²) in [5.74, 6) is 2.59. The second-order valence-electron chi connectivity index (χ2n) is 14.8. The van der Waals surface area contributed by atoms with Crippen LogP contribution < -0.4 is 24.8 Å². The van der Waals surface area contributed by atoms with Crippen LogP contribution in [0, 0.1) is 10.8 Å². The minimum absolute atomic E-state index is 0.00318. The minimum Gasteiger partial charge on any atom is -0.493 e. The number of rotatable bonds is 18. The van der Waals surface area contributed by atoms with Gasteiger partial charge in [0.2, 0.25) is 0 Å². The molecule has 0 radical (unpaired) electrons. The maximum absolute atomic E-state index is 6.19. The first-order valence-electron chi connectivity index (χ1n) is 15.2. The molecule has 0 atom stereocenters. The molecule has 232 valence electrons. The van der Waals surface area contributed by atoms with Crippen LogP contribution in [-0.2, 0) is 11.3 Å². The molecule has 0 heterocycles. The lowest BCUT2D eigenvalue weighted by Crippen LogP contribution is -2.42. The number of benzene rings is 2. The van der Waals surface area contributed by atoms with Gasteiger partial charge in [0.15, 0.2) is 0 Å². The second kappa shape index (κ2) is 15.8. The van der Waals surface area contributed by atoms with Crippen LogP contribution in [0.5, 0.6) is 17.2 Å². The Labute approximate surface area is 250 Å². The van der Waals surface area contributed by atoms with Gasteiger partial charge in [-0.15, -0.1) is 0 Å². The third-order valence-corrected chi connectivity index (χ3v) is 6.63. The Balaban J connectivity index is 1.69. The molecule has 6 heteroatoms. The van der Waals surface area contributed by atoms with Crippen molar-refractivity contribution in [1.82, 2.24) is 10.6 Å². The van der Waals surface area contributed by atoms with Gasteiger partial charge in [-0.05, 0) is 76.5 Å². The van der Waals surface area contributed by atoms with Crippen LogP contribution in [0.4, 0.5) is 0 Å². The molecule has 2 aromatic carbocycles. The van der Waals surface area contributed by atoms with E-state index in [1.165, 1.54) is 0 Å². The van der Waals surface area contributed by atoms with E-state index in [9.17, 15) is 0 Å². The predicted molar refractivity (Wildman–Crippen MR) is 171 cm³/mol. The van der Waals surface area contributed by atoms with Gasteiger partial charge in [0, 0.05) is 35.8 Å². The van der Waals surface area contributed by atoms with E-state index in [4.69, 9.17) is 18.9 Å². The largest absolute Gasteiger partial charge is 0.493 e. The van der Waals surface area contributed by atoms with E-state index in [0.717, 1.165) is 48.7 Å². The molecule has 6 nitrogen and oxygen atoms in total. The normalized spacial score (nSPS) is 12.8. The van der Waals surface area contributed by atoms with Crippen LogP contribution in [0.3, 0.4) is 0 Å². The molecular formula is C35H58N2O4. The van der Waals surface area contributed by atoms with Crippen molar-refractivity contribution in [2.45, 2.75) is 99.8 Å². The summed E-state index contributed by atoms with van der Waals surface area (Å²) in [6.45, 7) is 26.8. The topological polar surface area (TPSA) is 61.0 Å². The molecule has 2 aromatic rings. The first-order chi connectivity index (χ1) is 19.0. The predicted octanol–water partition coefficient (Wildman–Crippen LogP) is 7.65. The average Bonchev–Trinajstić information content (AvgIpc) is 2.87. The first-order valence-corrected chi connectivity index (χ1v) is 15.2. The van der Waals surface area contributed by atoms with Crippen molar-refractivity contribution >= 4 is 0 Å². The number of para-hydroxylation sites is 1. The molecule has 0 aliphatic carbocycles. The highest BCUT2D eigenvalue weighted by Gasteiger charge is 2.25. The number of hydrogen-bond acceptors (Lipinski definition) is 6. The SMILES string of the molecule is CC(C)(C)COc1ccccc1COCCNC(C)(C)CCC(C)(C)COc1cccc(OCCNC(C)(C)C)c1. The van der Waals surface area contributed by atoms with Crippen LogP contribution in [0.2, 0.25) is 0 Å². The van der Waals surface area contributed by atoms with Gasteiger partial charge >= 0.3 is 0 Å². The maximum Gasteiger partial charge on any atom is 0.124 e. The van der Waals surface area contributed by atoms with Crippen molar-refractivity contribution < 1.29 is 18.9 Å². The lowest BCUT2D eigenvalue weighted by molar-refractivity contribution is 0.109. The summed E-state index contributed by atoms with van der Waals surface area (Å²) in [7, 11) is 0. The van der Waals surface area contributed by atoms with Crippen molar-refractivity contribution in [3.05, 3.63) is 54.1 Å². The molecule has 0 unspecified atom stereocenters. The molecule has 41 heavy (non-hydrogen) atoms. The summed E-state index contributed by atoms with van der Waals surface area (Å²) in [5.41, 5.74) is 1.34. The highest BCUT2D eigenvalue weighted by atomic mass is 16.5. The zero-order chi connectivity index (χ0) is 30.6. The quantitative estimate of drug-likeness (QED) is 0.180. The molecule has 0 spiro atoms. The Kier molecular flexibility index (Phi) is 13.5. The summed E-state index contributed by atoms with van der Waals surface area (Å²) >= 11 is 0. The number of ether oxygens (including phenoxy) is 4. The molecule has 0 saturated heterocycles. The maximum atomic E-state index is 6.19. The van der Waals surface area contributed by atoms with Gasteiger partial charge in [-0.2, -0.15) is 0 Å². The van der Waals surface area contributed by atoms with Crippen LogP contribution in [-0.4, -0.2) is 50.6 Å². The molecular weight excluding hydrogens is 512 g/mol. The summed E-state index contributed by atoms with van der Waals surface area (Å²) in [6.07, 6.45) is 2.08. The minimum atomic E-state index is 0.00318. The smallest absolute Gasteiger partial charge is 0.124 e. The molecule has 0 amide bonds. The lowest BCUT2D eigenvalue weighted by Gasteiger charge is -2.32. The first kappa shape index (κ1) is 34.9. The Bertz CT molecular complexity index is 1020. The van der Waals surface area contributed by atoms with Crippen LogP contribution in [0.15, 0.2) is 48.5 Å². The molecule has 0 aromatic heterocycles. The highest BCUT2D eigenvalue weighted by molar-refractivity contribution is 5.33. The van der Waals surface area contributed by atoms with E-state index in [-0.39, 0.29) is 21.9 Å². The standard InChI is InChI=1S/C35H58N2O4/c1-32(2,3)26-41-31-17-12-11-14-28(31)25-38-22-20-37-35(9,10)19-18-34(7,8)27-40-30-16-13-15-29(24-30)39-23-21-36-33(4,5)6/h11-17,24,36-37H,18-23,25-27H2,1-10H3. The van der Waals surface area contributed by atoms with Gasteiger partial charge in [-0.25, -0.2) is 0 Å². The number of hydrogen-bond donors (Lipinski definition) is 2.